The molecule has 0 unspecified atom stereocenters. The van der Waals surface area contributed by atoms with E-state index in [4.69, 9.17) is 23.7 Å². The van der Waals surface area contributed by atoms with E-state index in [2.05, 4.69) is 0 Å². The predicted molar refractivity (Wildman–Crippen MR) is 112 cm³/mol. The van der Waals surface area contributed by atoms with Crippen molar-refractivity contribution in [3.05, 3.63) is 35.9 Å². The molecule has 31 heavy (non-hydrogen) atoms. The molecule has 9 heteroatoms. The fourth-order valence-corrected chi connectivity index (χ4v) is 2.76. The van der Waals surface area contributed by atoms with Crippen LogP contribution in [0.15, 0.2) is 30.4 Å². The Morgan fingerprint density at radius 2 is 1.74 bits per heavy atom. The molecule has 0 aromatic heterocycles. The number of carbonyl (C=O) groups is 3. The number of ether oxygens (including phenoxy) is 5. The minimum absolute atomic E-state index is 0.0477. The molecule has 0 saturated carbocycles. The van der Waals surface area contributed by atoms with Gasteiger partial charge in [-0.05, 0) is 36.3 Å². The first-order valence-electron chi connectivity index (χ1n) is 9.78. The van der Waals surface area contributed by atoms with Crippen LogP contribution in [0.1, 0.15) is 12.0 Å². The summed E-state index contributed by atoms with van der Waals surface area (Å²) in [5.74, 6) is 0.556. The van der Waals surface area contributed by atoms with Crippen LogP contribution >= 0.6 is 0 Å². The van der Waals surface area contributed by atoms with Gasteiger partial charge < -0.3 is 28.5 Å². The van der Waals surface area contributed by atoms with Crippen LogP contribution in [-0.4, -0.2) is 76.8 Å². The number of aldehydes is 1. The van der Waals surface area contributed by atoms with Crippen LogP contribution in [0.5, 0.6) is 17.2 Å². The van der Waals surface area contributed by atoms with E-state index >= 15 is 0 Å². The van der Waals surface area contributed by atoms with Crippen molar-refractivity contribution in [3.8, 4) is 17.2 Å². The van der Waals surface area contributed by atoms with E-state index in [1.165, 1.54) is 31.3 Å². The van der Waals surface area contributed by atoms with E-state index in [1.54, 1.807) is 24.3 Å². The van der Waals surface area contributed by atoms with E-state index in [0.29, 0.717) is 61.9 Å². The average molecular weight is 433 g/mol. The highest BCUT2D eigenvalue weighted by Gasteiger charge is 2.19. The third kappa shape index (κ3) is 7.54. The van der Waals surface area contributed by atoms with E-state index < -0.39 is 0 Å². The Balaban J connectivity index is 1.97. The monoisotopic (exact) mass is 433 g/mol. The molecule has 1 aliphatic heterocycles. The highest BCUT2D eigenvalue weighted by molar-refractivity contribution is 6.06. The summed E-state index contributed by atoms with van der Waals surface area (Å²) in [5, 5.41) is 0. The number of benzene rings is 1. The van der Waals surface area contributed by atoms with Gasteiger partial charge in [0.2, 0.25) is 5.75 Å². The lowest BCUT2D eigenvalue weighted by molar-refractivity contribution is -0.139. The summed E-state index contributed by atoms with van der Waals surface area (Å²) >= 11 is 0. The SMILES string of the molecule is COc1cc(/C=C/C(=O)N2CCC=CC2=O)cc(OC)c1OCCOCCOCC=O. The fourth-order valence-electron chi connectivity index (χ4n) is 2.76. The van der Waals surface area contributed by atoms with Crippen molar-refractivity contribution in [1.29, 1.82) is 0 Å². The van der Waals surface area contributed by atoms with Gasteiger partial charge in [0.25, 0.3) is 11.8 Å². The van der Waals surface area contributed by atoms with Gasteiger partial charge >= 0.3 is 0 Å². The van der Waals surface area contributed by atoms with Gasteiger partial charge in [-0.1, -0.05) is 6.08 Å². The number of amides is 2. The summed E-state index contributed by atoms with van der Waals surface area (Å²) in [6, 6.07) is 3.40. The van der Waals surface area contributed by atoms with Crippen LogP contribution in [0.2, 0.25) is 0 Å². The molecule has 0 fully saturated rings. The summed E-state index contributed by atoms with van der Waals surface area (Å²) in [5.41, 5.74) is 0.651. The maximum absolute atomic E-state index is 12.3. The Morgan fingerprint density at radius 3 is 2.39 bits per heavy atom. The standard InChI is InChI=1S/C22H27NO8/c1-27-18-15-17(6-7-21(26)23-8-4-3-5-20(23)25)16-19(28-2)22(18)31-14-13-30-12-11-29-10-9-24/h3,5-7,9,15-16H,4,8,10-14H2,1-2H3/b7-6+. The Labute approximate surface area is 181 Å². The van der Waals surface area contributed by atoms with Crippen molar-refractivity contribution in [1.82, 2.24) is 4.90 Å². The fraction of sp³-hybridized carbons (Fsp3) is 0.409. The third-order valence-electron chi connectivity index (χ3n) is 4.25. The second-order valence-electron chi connectivity index (χ2n) is 6.31. The summed E-state index contributed by atoms with van der Waals surface area (Å²) in [6.07, 6.45) is 7.40. The third-order valence-corrected chi connectivity index (χ3v) is 4.25. The number of methoxy groups -OCH3 is 2. The van der Waals surface area contributed by atoms with Gasteiger partial charge in [0.15, 0.2) is 11.5 Å². The smallest absolute Gasteiger partial charge is 0.253 e. The van der Waals surface area contributed by atoms with E-state index in [-0.39, 0.29) is 25.0 Å². The molecule has 0 atom stereocenters. The molecule has 0 bridgehead atoms. The van der Waals surface area contributed by atoms with Crippen LogP contribution in [0.4, 0.5) is 0 Å². The summed E-state index contributed by atoms with van der Waals surface area (Å²) in [4.78, 5) is 35.4. The molecule has 2 amide bonds. The number of rotatable bonds is 13. The second kappa shape index (κ2) is 13.2. The van der Waals surface area contributed by atoms with Crippen LogP contribution < -0.4 is 14.2 Å². The van der Waals surface area contributed by atoms with Crippen LogP contribution in [0.3, 0.4) is 0 Å². The Kier molecular flexibility index (Phi) is 10.3. The minimum atomic E-state index is -0.387. The lowest BCUT2D eigenvalue weighted by Gasteiger charge is -2.19. The number of hydrogen-bond donors (Lipinski definition) is 0. The molecule has 1 aliphatic rings. The maximum Gasteiger partial charge on any atom is 0.253 e. The van der Waals surface area contributed by atoms with E-state index in [0.717, 1.165) is 0 Å². The van der Waals surface area contributed by atoms with Gasteiger partial charge in [0.05, 0.1) is 34.0 Å². The van der Waals surface area contributed by atoms with Crippen LogP contribution in [0.25, 0.3) is 6.08 Å². The molecule has 168 valence electrons. The molecule has 1 heterocycles. The molecule has 1 aromatic carbocycles. The van der Waals surface area contributed by atoms with Crippen molar-refractivity contribution < 1.29 is 38.1 Å². The number of imide groups is 1. The number of hydrogen-bond acceptors (Lipinski definition) is 8. The highest BCUT2D eigenvalue weighted by atomic mass is 16.6. The molecule has 9 nitrogen and oxygen atoms in total. The van der Waals surface area contributed by atoms with Crippen molar-refractivity contribution in [2.45, 2.75) is 6.42 Å². The van der Waals surface area contributed by atoms with Gasteiger partial charge in [-0.25, -0.2) is 0 Å². The maximum atomic E-state index is 12.3. The second-order valence-corrected chi connectivity index (χ2v) is 6.31. The lowest BCUT2D eigenvalue weighted by atomic mass is 10.1. The predicted octanol–water partition coefficient (Wildman–Crippen LogP) is 1.64. The van der Waals surface area contributed by atoms with Gasteiger partial charge in [-0.2, -0.15) is 0 Å². The summed E-state index contributed by atoms with van der Waals surface area (Å²) < 4.78 is 26.9. The Bertz CT molecular complexity index is 793. The molecular formula is C22H27NO8. The van der Waals surface area contributed by atoms with Crippen molar-refractivity contribution in [2.24, 2.45) is 0 Å². The first kappa shape index (κ1) is 24.1. The van der Waals surface area contributed by atoms with Crippen molar-refractivity contribution in [3.63, 3.8) is 0 Å². The molecule has 2 rings (SSSR count). The van der Waals surface area contributed by atoms with Crippen molar-refractivity contribution in [2.75, 3.05) is 53.8 Å². The molecule has 0 spiro atoms. The van der Waals surface area contributed by atoms with E-state index in [1.807, 2.05) is 0 Å². The molecular weight excluding hydrogens is 406 g/mol. The molecule has 1 aromatic rings. The Hall–Kier alpha value is -3.17. The summed E-state index contributed by atoms with van der Waals surface area (Å²) in [7, 11) is 3.00. The largest absolute Gasteiger partial charge is 0.493 e. The topological polar surface area (TPSA) is 101 Å². The number of carbonyl (C=O) groups excluding carboxylic acids is 3. The zero-order valence-electron chi connectivity index (χ0n) is 17.7. The molecule has 0 saturated heterocycles. The normalized spacial score (nSPS) is 13.5. The number of nitrogens with zero attached hydrogens (tertiary/aromatic N) is 1. The van der Waals surface area contributed by atoms with Crippen LogP contribution in [0, 0.1) is 0 Å². The van der Waals surface area contributed by atoms with Gasteiger partial charge in [-0.15, -0.1) is 0 Å². The molecule has 0 radical (unpaired) electrons. The minimum Gasteiger partial charge on any atom is -0.493 e. The van der Waals surface area contributed by atoms with Gasteiger partial charge in [-0.3, -0.25) is 14.5 Å². The molecule has 0 N–H and O–H groups in total. The first-order valence-corrected chi connectivity index (χ1v) is 9.78. The lowest BCUT2D eigenvalue weighted by Crippen LogP contribution is -2.37. The zero-order valence-corrected chi connectivity index (χ0v) is 17.7. The van der Waals surface area contributed by atoms with Crippen molar-refractivity contribution >= 4 is 24.2 Å². The zero-order chi connectivity index (χ0) is 22.5. The Morgan fingerprint density at radius 1 is 1.06 bits per heavy atom. The average Bonchev–Trinajstić information content (AvgIpc) is 2.79. The van der Waals surface area contributed by atoms with E-state index in [9.17, 15) is 14.4 Å². The van der Waals surface area contributed by atoms with Gasteiger partial charge in [0, 0.05) is 12.6 Å². The van der Waals surface area contributed by atoms with Crippen LogP contribution in [-0.2, 0) is 23.9 Å². The van der Waals surface area contributed by atoms with Gasteiger partial charge in [0.1, 0.15) is 19.5 Å². The highest BCUT2D eigenvalue weighted by Crippen LogP contribution is 2.38. The summed E-state index contributed by atoms with van der Waals surface area (Å²) in [6.45, 7) is 1.64. The molecule has 0 aliphatic carbocycles. The first-order chi connectivity index (χ1) is 15.1. The quantitative estimate of drug-likeness (QED) is 0.263.